The maximum Gasteiger partial charge on any atom is 0.225 e. The highest BCUT2D eigenvalue weighted by Gasteiger charge is 2.33. The Morgan fingerprint density at radius 1 is 1.56 bits per heavy atom. The van der Waals surface area contributed by atoms with Crippen molar-refractivity contribution in [1.29, 1.82) is 0 Å². The van der Waals surface area contributed by atoms with Gasteiger partial charge >= 0.3 is 0 Å². The number of piperidine rings is 1. The Hall–Kier alpha value is -0.650. The second-order valence-corrected chi connectivity index (χ2v) is 5.09. The first-order valence-corrected chi connectivity index (χ1v) is 6.69. The van der Waals surface area contributed by atoms with Gasteiger partial charge in [0, 0.05) is 33.4 Å². The van der Waals surface area contributed by atoms with Gasteiger partial charge in [0.15, 0.2) is 0 Å². The Kier molecular flexibility index (Phi) is 6.05. The molecule has 0 radical (unpaired) electrons. The summed E-state index contributed by atoms with van der Waals surface area (Å²) < 4.78 is 10.9. The topological polar surface area (TPSA) is 64.8 Å². The quantitative estimate of drug-likeness (QED) is 0.764. The predicted molar refractivity (Wildman–Crippen MR) is 70.3 cm³/mol. The lowest BCUT2D eigenvalue weighted by Gasteiger charge is -2.39. The monoisotopic (exact) mass is 258 g/mol. The molecule has 0 saturated carbocycles. The van der Waals surface area contributed by atoms with Gasteiger partial charge in [0.2, 0.25) is 5.91 Å². The maximum absolute atomic E-state index is 12.2. The normalized spacial score (nSPS) is 26.1. The summed E-state index contributed by atoms with van der Waals surface area (Å²) in [4.78, 5) is 14.1. The van der Waals surface area contributed by atoms with Crippen molar-refractivity contribution >= 4 is 5.91 Å². The second-order valence-electron chi connectivity index (χ2n) is 5.09. The predicted octanol–water partition coefficient (Wildman–Crippen LogP) is 0.768. The summed E-state index contributed by atoms with van der Waals surface area (Å²) in [6, 6.07) is 0. The van der Waals surface area contributed by atoms with E-state index < -0.39 is 0 Å². The number of likely N-dealkylation sites (tertiary alicyclic amines) is 1. The number of nitrogens with two attached hydrogens (primary N) is 1. The summed E-state index contributed by atoms with van der Waals surface area (Å²) >= 11 is 0. The molecule has 106 valence electrons. The van der Waals surface area contributed by atoms with Gasteiger partial charge in [0.05, 0.1) is 18.1 Å². The standard InChI is InChI=1S/C13H26N2O3/c1-4-18-11(9-14)8-12(16)15-7-5-6-13(2,10-15)17-3/h11H,4-10,14H2,1-3H3. The number of carbonyl (C=O) groups is 1. The van der Waals surface area contributed by atoms with Gasteiger partial charge in [0.25, 0.3) is 0 Å². The van der Waals surface area contributed by atoms with E-state index in [1.54, 1.807) is 7.11 Å². The van der Waals surface area contributed by atoms with Crippen molar-refractivity contribution in [2.45, 2.75) is 44.8 Å². The van der Waals surface area contributed by atoms with E-state index in [2.05, 4.69) is 6.92 Å². The van der Waals surface area contributed by atoms with Crippen molar-refractivity contribution in [3.8, 4) is 0 Å². The third-order valence-electron chi connectivity index (χ3n) is 3.57. The number of hydrogen-bond donors (Lipinski definition) is 1. The summed E-state index contributed by atoms with van der Waals surface area (Å²) in [6.07, 6.45) is 2.18. The fraction of sp³-hybridized carbons (Fsp3) is 0.923. The average molecular weight is 258 g/mol. The summed E-state index contributed by atoms with van der Waals surface area (Å²) in [6.45, 7) is 6.40. The van der Waals surface area contributed by atoms with E-state index >= 15 is 0 Å². The molecule has 0 spiro atoms. The molecule has 1 aliphatic rings. The number of methoxy groups -OCH3 is 1. The zero-order chi connectivity index (χ0) is 13.6. The molecule has 1 rings (SSSR count). The first-order chi connectivity index (χ1) is 8.54. The molecule has 1 fully saturated rings. The fourth-order valence-corrected chi connectivity index (χ4v) is 2.36. The second kappa shape index (κ2) is 7.07. The van der Waals surface area contributed by atoms with Crippen molar-refractivity contribution in [2.24, 2.45) is 5.73 Å². The van der Waals surface area contributed by atoms with E-state index in [0.29, 0.717) is 26.1 Å². The van der Waals surface area contributed by atoms with Crippen LogP contribution in [0.5, 0.6) is 0 Å². The van der Waals surface area contributed by atoms with Crippen molar-refractivity contribution in [2.75, 3.05) is 33.4 Å². The molecule has 2 atom stereocenters. The largest absolute Gasteiger partial charge is 0.377 e. The highest BCUT2D eigenvalue weighted by Crippen LogP contribution is 2.24. The van der Waals surface area contributed by atoms with Gasteiger partial charge in [-0.05, 0) is 26.7 Å². The Morgan fingerprint density at radius 2 is 2.28 bits per heavy atom. The number of ether oxygens (including phenoxy) is 2. The highest BCUT2D eigenvalue weighted by atomic mass is 16.5. The van der Waals surface area contributed by atoms with E-state index in [1.165, 1.54) is 0 Å². The lowest BCUT2D eigenvalue weighted by Crippen LogP contribution is -2.50. The number of rotatable bonds is 6. The van der Waals surface area contributed by atoms with E-state index in [9.17, 15) is 4.79 Å². The maximum atomic E-state index is 12.2. The third-order valence-corrected chi connectivity index (χ3v) is 3.57. The first kappa shape index (κ1) is 15.4. The molecule has 0 aromatic heterocycles. The SMILES string of the molecule is CCOC(CN)CC(=O)N1CCCC(C)(OC)C1. The van der Waals surface area contributed by atoms with Gasteiger partial charge in [-0.3, -0.25) is 4.79 Å². The molecule has 1 heterocycles. The molecule has 1 amide bonds. The molecule has 5 nitrogen and oxygen atoms in total. The molecular formula is C13H26N2O3. The molecule has 2 N–H and O–H groups in total. The van der Waals surface area contributed by atoms with Gasteiger partial charge in [-0.1, -0.05) is 0 Å². The molecule has 0 aromatic carbocycles. The fourth-order valence-electron chi connectivity index (χ4n) is 2.36. The van der Waals surface area contributed by atoms with Crippen LogP contribution in [0.4, 0.5) is 0 Å². The minimum Gasteiger partial charge on any atom is -0.377 e. The van der Waals surface area contributed by atoms with Gasteiger partial charge in [0.1, 0.15) is 0 Å². The average Bonchev–Trinajstić information content (AvgIpc) is 2.38. The van der Waals surface area contributed by atoms with Crippen LogP contribution in [0.25, 0.3) is 0 Å². The summed E-state index contributed by atoms with van der Waals surface area (Å²) in [5.41, 5.74) is 5.39. The van der Waals surface area contributed by atoms with Crippen LogP contribution < -0.4 is 5.73 Å². The van der Waals surface area contributed by atoms with Crippen LogP contribution in [0.15, 0.2) is 0 Å². The lowest BCUT2D eigenvalue weighted by molar-refractivity contribution is -0.141. The third kappa shape index (κ3) is 4.23. The van der Waals surface area contributed by atoms with Crippen LogP contribution in [0.2, 0.25) is 0 Å². The van der Waals surface area contributed by atoms with Crippen LogP contribution in [-0.4, -0.2) is 55.9 Å². The number of nitrogens with zero attached hydrogens (tertiary/aromatic N) is 1. The molecule has 0 aromatic rings. The van der Waals surface area contributed by atoms with Crippen molar-refractivity contribution in [3.05, 3.63) is 0 Å². The van der Waals surface area contributed by atoms with Crippen LogP contribution in [-0.2, 0) is 14.3 Å². The Bertz CT molecular complexity index is 273. The number of carbonyl (C=O) groups excluding carboxylic acids is 1. The van der Waals surface area contributed by atoms with E-state index in [0.717, 1.165) is 19.4 Å². The molecular weight excluding hydrogens is 232 g/mol. The van der Waals surface area contributed by atoms with E-state index in [-0.39, 0.29) is 17.6 Å². The van der Waals surface area contributed by atoms with Gasteiger partial charge in [-0.25, -0.2) is 0 Å². The summed E-state index contributed by atoms with van der Waals surface area (Å²) in [7, 11) is 1.71. The van der Waals surface area contributed by atoms with Crippen LogP contribution in [0, 0.1) is 0 Å². The van der Waals surface area contributed by atoms with Crippen molar-refractivity contribution < 1.29 is 14.3 Å². The lowest BCUT2D eigenvalue weighted by atomic mass is 9.94. The smallest absolute Gasteiger partial charge is 0.225 e. The highest BCUT2D eigenvalue weighted by molar-refractivity contribution is 5.77. The van der Waals surface area contributed by atoms with Crippen LogP contribution in [0.3, 0.4) is 0 Å². The molecule has 1 saturated heterocycles. The zero-order valence-electron chi connectivity index (χ0n) is 11.8. The molecule has 0 bridgehead atoms. The minimum absolute atomic E-state index is 0.113. The Morgan fingerprint density at radius 3 is 2.83 bits per heavy atom. The van der Waals surface area contributed by atoms with E-state index in [4.69, 9.17) is 15.2 Å². The number of amides is 1. The van der Waals surface area contributed by atoms with Crippen molar-refractivity contribution in [3.63, 3.8) is 0 Å². The Labute approximate surface area is 110 Å². The van der Waals surface area contributed by atoms with Crippen molar-refractivity contribution in [1.82, 2.24) is 4.90 Å². The summed E-state index contributed by atoms with van der Waals surface area (Å²) in [5.74, 6) is 0.113. The van der Waals surface area contributed by atoms with E-state index in [1.807, 2.05) is 11.8 Å². The molecule has 1 aliphatic heterocycles. The molecule has 5 heteroatoms. The first-order valence-electron chi connectivity index (χ1n) is 6.69. The van der Waals surface area contributed by atoms with Gasteiger partial charge in [-0.15, -0.1) is 0 Å². The molecule has 2 unspecified atom stereocenters. The molecule has 0 aliphatic carbocycles. The van der Waals surface area contributed by atoms with Crippen LogP contribution in [0.1, 0.15) is 33.1 Å². The Balaban J connectivity index is 2.50. The van der Waals surface area contributed by atoms with Gasteiger partial charge < -0.3 is 20.1 Å². The van der Waals surface area contributed by atoms with Gasteiger partial charge in [-0.2, -0.15) is 0 Å². The summed E-state index contributed by atoms with van der Waals surface area (Å²) in [5, 5.41) is 0. The van der Waals surface area contributed by atoms with Crippen LogP contribution >= 0.6 is 0 Å². The molecule has 18 heavy (non-hydrogen) atoms. The number of hydrogen-bond acceptors (Lipinski definition) is 4. The zero-order valence-corrected chi connectivity index (χ0v) is 11.8. The minimum atomic E-state index is -0.211.